The quantitative estimate of drug-likeness (QED) is 0.526. The van der Waals surface area contributed by atoms with Gasteiger partial charge in [-0.25, -0.2) is 13.4 Å². The van der Waals surface area contributed by atoms with Crippen molar-refractivity contribution in [2.75, 3.05) is 13.1 Å². The van der Waals surface area contributed by atoms with E-state index in [0.717, 1.165) is 21.9 Å². The van der Waals surface area contributed by atoms with Gasteiger partial charge in [0.05, 0.1) is 10.6 Å². The maximum absolute atomic E-state index is 12.9. The summed E-state index contributed by atoms with van der Waals surface area (Å²) in [5.74, 6) is 0.591. The van der Waals surface area contributed by atoms with Crippen molar-refractivity contribution < 1.29 is 17.9 Å². The third-order valence-corrected chi connectivity index (χ3v) is 8.92. The summed E-state index contributed by atoms with van der Waals surface area (Å²) < 4.78 is 33.1. The van der Waals surface area contributed by atoms with Gasteiger partial charge >= 0.3 is 0 Å². The van der Waals surface area contributed by atoms with Crippen molar-refractivity contribution >= 4 is 27.3 Å². The number of hydrogen-bond donors (Lipinski definition) is 1. The van der Waals surface area contributed by atoms with Crippen LogP contribution in [0, 0.1) is 20.8 Å². The van der Waals surface area contributed by atoms with Crippen LogP contribution in [0.4, 0.5) is 0 Å². The number of benzene rings is 2. The van der Waals surface area contributed by atoms with Gasteiger partial charge < -0.3 is 10.1 Å². The van der Waals surface area contributed by atoms with Gasteiger partial charge in [0.2, 0.25) is 10.0 Å². The molecule has 0 spiro atoms. The summed E-state index contributed by atoms with van der Waals surface area (Å²) in [5.41, 5.74) is 2.85. The molecule has 0 unspecified atom stereocenters. The third-order valence-electron chi connectivity index (χ3n) is 5.88. The summed E-state index contributed by atoms with van der Waals surface area (Å²) in [6, 6.07) is 14.6. The summed E-state index contributed by atoms with van der Waals surface area (Å²) in [6.45, 7) is 6.81. The van der Waals surface area contributed by atoms with Crippen LogP contribution in [0.15, 0.2) is 53.4 Å². The first-order valence-corrected chi connectivity index (χ1v) is 13.5. The maximum atomic E-state index is 12.9. The first-order valence-electron chi connectivity index (χ1n) is 11.3. The number of nitrogens with zero attached hydrogens (tertiary/aromatic N) is 2. The van der Waals surface area contributed by atoms with E-state index in [9.17, 15) is 13.2 Å². The number of hydrogen-bond acceptors (Lipinski definition) is 6. The van der Waals surface area contributed by atoms with Gasteiger partial charge in [0.25, 0.3) is 5.91 Å². The van der Waals surface area contributed by atoms with Gasteiger partial charge in [0.1, 0.15) is 22.2 Å². The molecule has 4 rings (SSSR count). The average molecular weight is 500 g/mol. The fourth-order valence-corrected chi connectivity index (χ4v) is 6.21. The number of piperidine rings is 1. The number of carbonyl (C=O) groups excluding carboxylic acids is 1. The zero-order chi connectivity index (χ0) is 24.3. The highest BCUT2D eigenvalue weighted by Crippen LogP contribution is 2.24. The van der Waals surface area contributed by atoms with Crippen LogP contribution in [-0.4, -0.2) is 42.7 Å². The van der Waals surface area contributed by atoms with E-state index in [4.69, 9.17) is 4.74 Å². The fraction of sp³-hybridized carbons (Fsp3) is 0.360. The molecule has 0 atom stereocenters. The summed E-state index contributed by atoms with van der Waals surface area (Å²) in [6.07, 6.45) is 1.14. The zero-order valence-corrected chi connectivity index (χ0v) is 21.2. The molecule has 1 fully saturated rings. The number of ether oxygens (including phenoxy) is 1. The largest absolute Gasteiger partial charge is 0.486 e. The first-order chi connectivity index (χ1) is 16.2. The van der Waals surface area contributed by atoms with Crippen LogP contribution in [0.3, 0.4) is 0 Å². The molecule has 1 aliphatic heterocycles. The Morgan fingerprint density at radius 3 is 2.24 bits per heavy atom. The SMILES string of the molecule is Cc1ccc(OCc2nc(C)c(C(=O)NC3CCN(S(=O)(=O)c4ccc(C)cc4)CC3)s2)cc1. The van der Waals surface area contributed by atoms with Crippen LogP contribution in [0.2, 0.25) is 0 Å². The number of sulfonamides is 1. The molecule has 0 aliphatic carbocycles. The molecule has 1 N–H and O–H groups in total. The van der Waals surface area contributed by atoms with E-state index in [0.29, 0.717) is 48.0 Å². The molecule has 7 nitrogen and oxygen atoms in total. The van der Waals surface area contributed by atoms with E-state index in [1.54, 1.807) is 24.3 Å². The number of aryl methyl sites for hydroxylation is 3. The van der Waals surface area contributed by atoms with Gasteiger partial charge in [-0.2, -0.15) is 4.31 Å². The Labute approximate surface area is 204 Å². The van der Waals surface area contributed by atoms with E-state index >= 15 is 0 Å². The average Bonchev–Trinajstić information content (AvgIpc) is 3.20. The van der Waals surface area contributed by atoms with Gasteiger partial charge in [0, 0.05) is 19.1 Å². The summed E-state index contributed by atoms with van der Waals surface area (Å²) in [7, 11) is -3.52. The Morgan fingerprint density at radius 2 is 1.62 bits per heavy atom. The Hall–Kier alpha value is -2.75. The molecule has 1 amide bonds. The number of carbonyl (C=O) groups is 1. The number of aromatic nitrogens is 1. The number of amides is 1. The van der Waals surface area contributed by atoms with Crippen LogP contribution in [-0.2, 0) is 16.6 Å². The molecule has 2 heterocycles. The van der Waals surface area contributed by atoms with E-state index in [2.05, 4.69) is 10.3 Å². The Kier molecular flexibility index (Phi) is 7.35. The Bertz CT molecular complexity index is 1240. The van der Waals surface area contributed by atoms with Gasteiger partial charge in [0.15, 0.2) is 0 Å². The number of rotatable bonds is 7. The molecule has 0 radical (unpaired) electrons. The van der Waals surface area contributed by atoms with Gasteiger partial charge in [-0.3, -0.25) is 4.79 Å². The summed E-state index contributed by atoms with van der Waals surface area (Å²) in [5, 5.41) is 3.80. The van der Waals surface area contributed by atoms with E-state index in [1.807, 2.05) is 45.0 Å². The van der Waals surface area contributed by atoms with E-state index < -0.39 is 10.0 Å². The molecule has 9 heteroatoms. The zero-order valence-electron chi connectivity index (χ0n) is 19.6. The topological polar surface area (TPSA) is 88.6 Å². The highest BCUT2D eigenvalue weighted by molar-refractivity contribution is 7.89. The Balaban J connectivity index is 1.31. The van der Waals surface area contributed by atoms with Crippen molar-refractivity contribution in [3.63, 3.8) is 0 Å². The summed E-state index contributed by atoms with van der Waals surface area (Å²) >= 11 is 1.33. The van der Waals surface area contributed by atoms with Crippen LogP contribution in [0.5, 0.6) is 5.75 Å². The van der Waals surface area contributed by atoms with Crippen LogP contribution >= 0.6 is 11.3 Å². The fourth-order valence-electron chi connectivity index (χ4n) is 3.86. The smallest absolute Gasteiger partial charge is 0.263 e. The lowest BCUT2D eigenvalue weighted by Crippen LogP contribution is -2.46. The second-order valence-electron chi connectivity index (χ2n) is 8.59. The maximum Gasteiger partial charge on any atom is 0.263 e. The van der Waals surface area contributed by atoms with Crippen molar-refractivity contribution in [2.45, 2.75) is 51.2 Å². The number of nitrogens with one attached hydrogen (secondary N) is 1. The Morgan fingerprint density at radius 1 is 1.03 bits per heavy atom. The highest BCUT2D eigenvalue weighted by atomic mass is 32.2. The number of thiazole rings is 1. The van der Waals surface area contributed by atoms with E-state index in [1.165, 1.54) is 15.6 Å². The second-order valence-corrected chi connectivity index (χ2v) is 11.6. The molecule has 180 valence electrons. The lowest BCUT2D eigenvalue weighted by atomic mass is 10.1. The standard InChI is InChI=1S/C25H29N3O4S2/c1-17-4-8-21(9-5-17)32-16-23-26-19(3)24(33-23)25(29)27-20-12-14-28(15-13-20)34(30,31)22-10-6-18(2)7-11-22/h4-11,20H,12-16H2,1-3H3,(H,27,29). The first kappa shape index (κ1) is 24.4. The molecular weight excluding hydrogens is 470 g/mol. The molecule has 0 saturated carbocycles. The highest BCUT2D eigenvalue weighted by Gasteiger charge is 2.30. The van der Waals surface area contributed by atoms with E-state index in [-0.39, 0.29) is 11.9 Å². The molecule has 3 aromatic rings. The molecule has 1 aliphatic rings. The molecule has 34 heavy (non-hydrogen) atoms. The predicted molar refractivity (Wildman–Crippen MR) is 133 cm³/mol. The van der Waals surface area contributed by atoms with Crippen molar-refractivity contribution in [2.24, 2.45) is 0 Å². The monoisotopic (exact) mass is 499 g/mol. The molecule has 0 bridgehead atoms. The van der Waals surface area contributed by atoms with Crippen molar-refractivity contribution in [3.05, 3.63) is 75.2 Å². The second kappa shape index (κ2) is 10.2. The van der Waals surface area contributed by atoms with Gasteiger partial charge in [-0.05, 0) is 57.9 Å². The van der Waals surface area contributed by atoms with Crippen molar-refractivity contribution in [1.82, 2.24) is 14.6 Å². The normalized spacial score (nSPS) is 15.3. The lowest BCUT2D eigenvalue weighted by Gasteiger charge is -2.31. The van der Waals surface area contributed by atoms with Crippen LogP contribution in [0.25, 0.3) is 0 Å². The third kappa shape index (κ3) is 5.65. The van der Waals surface area contributed by atoms with Crippen LogP contribution in [0.1, 0.15) is 44.3 Å². The van der Waals surface area contributed by atoms with Crippen molar-refractivity contribution in [3.8, 4) is 5.75 Å². The molecule has 2 aromatic carbocycles. The minimum absolute atomic E-state index is 0.0780. The predicted octanol–water partition coefficient (Wildman–Crippen LogP) is 4.23. The lowest BCUT2D eigenvalue weighted by molar-refractivity contribution is 0.0927. The van der Waals surface area contributed by atoms with Crippen LogP contribution < -0.4 is 10.1 Å². The molecular formula is C25H29N3O4S2. The minimum atomic E-state index is -3.52. The molecule has 1 saturated heterocycles. The summed E-state index contributed by atoms with van der Waals surface area (Å²) in [4.78, 5) is 18.2. The van der Waals surface area contributed by atoms with Crippen molar-refractivity contribution in [1.29, 1.82) is 0 Å². The van der Waals surface area contributed by atoms with Gasteiger partial charge in [-0.15, -0.1) is 11.3 Å². The minimum Gasteiger partial charge on any atom is -0.486 e. The van der Waals surface area contributed by atoms with Gasteiger partial charge in [-0.1, -0.05) is 35.4 Å². The molecule has 1 aromatic heterocycles.